The first-order valence-electron chi connectivity index (χ1n) is 4.49. The van der Waals surface area contributed by atoms with Gasteiger partial charge in [-0.3, -0.25) is 0 Å². The number of carbonyl (C=O) groups is 1. The molecule has 2 atom stereocenters. The lowest BCUT2D eigenvalue weighted by atomic mass is 10.0. The predicted octanol–water partition coefficient (Wildman–Crippen LogP) is 3.07. The molecule has 1 aliphatic heterocycles. The Morgan fingerprint density at radius 1 is 1.27 bits per heavy atom. The third-order valence-electron chi connectivity index (χ3n) is 2.25. The zero-order valence-corrected chi connectivity index (χ0v) is 12.3. The Kier molecular flexibility index (Phi) is 3.39. The minimum atomic E-state index is -0.332. The van der Waals surface area contributed by atoms with Crippen molar-refractivity contribution >= 4 is 51.3 Å². The maximum Gasteiger partial charge on any atom is 0.408 e. The van der Waals surface area contributed by atoms with Gasteiger partial charge in [-0.1, -0.05) is 0 Å². The van der Waals surface area contributed by atoms with Crippen LogP contribution in [0.3, 0.4) is 0 Å². The fourth-order valence-electron chi connectivity index (χ4n) is 1.61. The largest absolute Gasteiger partial charge is 0.439 e. The van der Waals surface area contributed by atoms with E-state index in [1.165, 1.54) is 0 Å². The van der Waals surface area contributed by atoms with Crippen LogP contribution in [0.4, 0.5) is 4.79 Å². The van der Waals surface area contributed by atoms with Gasteiger partial charge in [0.25, 0.3) is 0 Å². The van der Waals surface area contributed by atoms with E-state index in [0.29, 0.717) is 0 Å². The van der Waals surface area contributed by atoms with Gasteiger partial charge in [0.1, 0.15) is 6.10 Å². The summed E-state index contributed by atoms with van der Waals surface area (Å²) in [5.74, 6) is 0. The molecule has 0 unspecified atom stereocenters. The second-order valence-corrected chi connectivity index (χ2v) is 5.95. The molecule has 5 heteroatoms. The molecule has 1 heterocycles. The molecule has 1 aliphatic rings. The van der Waals surface area contributed by atoms with Crippen molar-refractivity contribution in [2.45, 2.75) is 19.1 Å². The van der Waals surface area contributed by atoms with Crippen LogP contribution in [0.2, 0.25) is 0 Å². The average Bonchev–Trinajstić information content (AvgIpc) is 2.43. The van der Waals surface area contributed by atoms with Crippen LogP contribution >= 0.6 is 45.2 Å². The normalized spacial score (nSPS) is 24.9. The number of halogens is 2. The van der Waals surface area contributed by atoms with Gasteiger partial charge < -0.3 is 10.1 Å². The van der Waals surface area contributed by atoms with Gasteiger partial charge in [0, 0.05) is 7.14 Å². The highest BCUT2D eigenvalue weighted by molar-refractivity contribution is 14.1. The number of cyclic esters (lactones) is 1. The lowest BCUT2D eigenvalue weighted by Crippen LogP contribution is -2.23. The molecule has 1 aromatic carbocycles. The molecule has 1 N–H and O–H groups in total. The van der Waals surface area contributed by atoms with Gasteiger partial charge in [-0.25, -0.2) is 4.79 Å². The van der Waals surface area contributed by atoms with E-state index in [0.717, 1.165) is 12.7 Å². The van der Waals surface area contributed by atoms with Crippen LogP contribution in [0.25, 0.3) is 0 Å². The number of rotatable bonds is 1. The van der Waals surface area contributed by atoms with Crippen molar-refractivity contribution < 1.29 is 9.53 Å². The number of hydrogen-bond donors (Lipinski definition) is 1. The molecule has 3 nitrogen and oxygen atoms in total. The number of hydrogen-bond acceptors (Lipinski definition) is 2. The van der Waals surface area contributed by atoms with Crippen LogP contribution in [-0.4, -0.2) is 12.1 Å². The maximum absolute atomic E-state index is 11.1. The van der Waals surface area contributed by atoms with E-state index in [1.807, 2.05) is 19.1 Å². The summed E-state index contributed by atoms with van der Waals surface area (Å²) in [6.07, 6.45) is -0.498. The van der Waals surface area contributed by atoms with Gasteiger partial charge in [0.05, 0.1) is 6.04 Å². The number of ether oxygens (including phenoxy) is 1. The van der Waals surface area contributed by atoms with Crippen molar-refractivity contribution in [1.29, 1.82) is 0 Å². The van der Waals surface area contributed by atoms with Gasteiger partial charge in [0.15, 0.2) is 0 Å². The quantitative estimate of drug-likeness (QED) is 0.698. The van der Waals surface area contributed by atoms with E-state index in [9.17, 15) is 4.79 Å². The van der Waals surface area contributed by atoms with Crippen molar-refractivity contribution in [3.8, 4) is 0 Å². The minimum absolute atomic E-state index is 0.0338. The number of benzene rings is 1. The number of amides is 1. The summed E-state index contributed by atoms with van der Waals surface area (Å²) < 4.78 is 7.53. The van der Waals surface area contributed by atoms with Gasteiger partial charge in [0.2, 0.25) is 0 Å². The van der Waals surface area contributed by atoms with Crippen molar-refractivity contribution in [1.82, 2.24) is 5.32 Å². The second-order valence-electron chi connectivity index (χ2n) is 3.46. The zero-order chi connectivity index (χ0) is 11.0. The van der Waals surface area contributed by atoms with Crippen molar-refractivity contribution in [2.75, 3.05) is 0 Å². The topological polar surface area (TPSA) is 38.3 Å². The number of nitrogens with one attached hydrogen (secondary N) is 1. The summed E-state index contributed by atoms with van der Waals surface area (Å²) >= 11 is 4.53. The van der Waals surface area contributed by atoms with Gasteiger partial charge in [-0.05, 0) is 75.9 Å². The first-order valence-corrected chi connectivity index (χ1v) is 6.65. The molecule has 0 aromatic heterocycles. The lowest BCUT2D eigenvalue weighted by Gasteiger charge is -2.13. The first kappa shape index (κ1) is 11.4. The van der Waals surface area contributed by atoms with Crippen LogP contribution in [0.1, 0.15) is 18.6 Å². The Morgan fingerprint density at radius 3 is 2.33 bits per heavy atom. The van der Waals surface area contributed by atoms with Gasteiger partial charge >= 0.3 is 6.09 Å². The summed E-state index contributed by atoms with van der Waals surface area (Å²) in [5.41, 5.74) is 1.05. The minimum Gasteiger partial charge on any atom is -0.439 e. The van der Waals surface area contributed by atoms with Crippen LogP contribution in [0, 0.1) is 7.14 Å². The van der Waals surface area contributed by atoms with Gasteiger partial charge in [-0.2, -0.15) is 0 Å². The zero-order valence-electron chi connectivity index (χ0n) is 7.96. The fourth-order valence-corrected chi connectivity index (χ4v) is 3.60. The number of carbonyl (C=O) groups excluding carboxylic acids is 1. The molecule has 0 radical (unpaired) electrons. The van der Waals surface area contributed by atoms with Gasteiger partial charge in [-0.15, -0.1) is 0 Å². The van der Waals surface area contributed by atoms with Crippen LogP contribution < -0.4 is 5.32 Å². The molecule has 0 spiro atoms. The molecule has 0 bridgehead atoms. The molecule has 0 aliphatic carbocycles. The van der Waals surface area contributed by atoms with E-state index in [2.05, 4.69) is 56.6 Å². The van der Waals surface area contributed by atoms with Crippen molar-refractivity contribution in [3.05, 3.63) is 30.9 Å². The Labute approximate surface area is 115 Å². The Balaban J connectivity index is 2.33. The highest BCUT2D eigenvalue weighted by atomic mass is 127. The SMILES string of the molecule is C[C@@H]1NC(=O)O[C@@H]1c1cc(I)cc(I)c1. The molecule has 1 amide bonds. The van der Waals surface area contributed by atoms with Crippen LogP contribution in [0.15, 0.2) is 18.2 Å². The van der Waals surface area contributed by atoms with Crippen molar-refractivity contribution in [2.24, 2.45) is 0 Å². The molecule has 15 heavy (non-hydrogen) atoms. The molecule has 2 rings (SSSR count). The monoisotopic (exact) mass is 429 g/mol. The van der Waals surface area contributed by atoms with Crippen molar-refractivity contribution in [3.63, 3.8) is 0 Å². The van der Waals surface area contributed by atoms with E-state index >= 15 is 0 Å². The number of alkyl carbamates (subject to hydrolysis) is 1. The molecular formula is C10H9I2NO2. The third kappa shape index (κ3) is 2.55. The smallest absolute Gasteiger partial charge is 0.408 e. The summed E-state index contributed by atoms with van der Waals surface area (Å²) in [5, 5.41) is 2.74. The fraction of sp³-hybridized carbons (Fsp3) is 0.300. The molecular weight excluding hydrogens is 420 g/mol. The van der Waals surface area contributed by atoms with E-state index in [4.69, 9.17) is 4.74 Å². The summed E-state index contributed by atoms with van der Waals surface area (Å²) in [4.78, 5) is 11.1. The molecule has 80 valence electrons. The average molecular weight is 429 g/mol. The molecule has 1 saturated heterocycles. The summed E-state index contributed by atoms with van der Waals surface area (Å²) in [7, 11) is 0. The maximum atomic E-state index is 11.1. The third-order valence-corrected chi connectivity index (χ3v) is 3.49. The molecule has 1 aromatic rings. The predicted molar refractivity (Wildman–Crippen MR) is 73.7 cm³/mol. The summed E-state index contributed by atoms with van der Waals surface area (Å²) in [6.45, 7) is 1.95. The van der Waals surface area contributed by atoms with E-state index in [-0.39, 0.29) is 18.2 Å². The highest BCUT2D eigenvalue weighted by Gasteiger charge is 2.31. The second kappa shape index (κ2) is 4.44. The summed E-state index contributed by atoms with van der Waals surface area (Å²) in [6, 6.07) is 6.21. The Morgan fingerprint density at radius 2 is 1.87 bits per heavy atom. The highest BCUT2D eigenvalue weighted by Crippen LogP contribution is 2.28. The molecule has 0 saturated carbocycles. The standard InChI is InChI=1S/C10H9I2NO2/c1-5-9(15-10(14)13-5)6-2-7(11)4-8(12)3-6/h2-5,9H,1H3,(H,13,14)/t5-,9-/m0/s1. The Bertz CT molecular complexity index is 388. The first-order chi connectivity index (χ1) is 7.06. The Hall–Kier alpha value is -0.0500. The van der Waals surface area contributed by atoms with E-state index in [1.54, 1.807) is 0 Å². The lowest BCUT2D eigenvalue weighted by molar-refractivity contribution is 0.134. The van der Waals surface area contributed by atoms with Crippen LogP contribution in [0.5, 0.6) is 0 Å². The van der Waals surface area contributed by atoms with Crippen LogP contribution in [-0.2, 0) is 4.74 Å². The van der Waals surface area contributed by atoms with E-state index < -0.39 is 0 Å². The molecule has 1 fully saturated rings.